The van der Waals surface area contributed by atoms with Crippen molar-refractivity contribution in [1.82, 2.24) is 9.97 Å². The highest BCUT2D eigenvalue weighted by molar-refractivity contribution is 6.05. The smallest absolute Gasteiger partial charge is 0.406 e. The van der Waals surface area contributed by atoms with Gasteiger partial charge in [-0.2, -0.15) is 0 Å². The minimum absolute atomic E-state index is 0.340. The van der Waals surface area contributed by atoms with Crippen LogP contribution in [0.1, 0.15) is 0 Å². The topological polar surface area (TPSA) is 76.1 Å². The first kappa shape index (κ1) is 20.1. The van der Waals surface area contributed by atoms with E-state index in [-0.39, 0.29) is 5.75 Å². The highest BCUT2D eigenvalue weighted by Crippen LogP contribution is 2.30. The SMILES string of the molecule is O=C(Nc1ccccn1)Nc1cccc2ccc(-c3cccc(OC(F)(F)F)c3)nc12. The lowest BCUT2D eigenvalue weighted by molar-refractivity contribution is -0.274. The Labute approximate surface area is 174 Å². The summed E-state index contributed by atoms with van der Waals surface area (Å²) < 4.78 is 41.6. The molecule has 0 atom stereocenters. The summed E-state index contributed by atoms with van der Waals surface area (Å²) in [4.78, 5) is 20.9. The number of alkyl halides is 3. The maximum absolute atomic E-state index is 12.5. The Bertz CT molecular complexity index is 1230. The quantitative estimate of drug-likeness (QED) is 0.432. The van der Waals surface area contributed by atoms with Crippen molar-refractivity contribution in [3.63, 3.8) is 0 Å². The maximum atomic E-state index is 12.5. The molecule has 156 valence electrons. The molecule has 0 unspecified atom stereocenters. The van der Waals surface area contributed by atoms with Gasteiger partial charge in [0.05, 0.1) is 16.9 Å². The first-order valence-corrected chi connectivity index (χ1v) is 9.12. The van der Waals surface area contributed by atoms with E-state index in [0.717, 1.165) is 5.39 Å². The Kier molecular flexibility index (Phi) is 5.40. The lowest BCUT2D eigenvalue weighted by Crippen LogP contribution is -2.20. The third-order valence-corrected chi connectivity index (χ3v) is 4.24. The maximum Gasteiger partial charge on any atom is 0.573 e. The summed E-state index contributed by atoms with van der Waals surface area (Å²) in [6.07, 6.45) is -3.23. The van der Waals surface area contributed by atoms with Crippen LogP contribution in [0.15, 0.2) is 79.0 Å². The number of benzene rings is 2. The van der Waals surface area contributed by atoms with E-state index in [1.807, 2.05) is 6.07 Å². The fraction of sp³-hybridized carbons (Fsp3) is 0.0455. The van der Waals surface area contributed by atoms with Gasteiger partial charge in [0.2, 0.25) is 0 Å². The van der Waals surface area contributed by atoms with E-state index in [9.17, 15) is 18.0 Å². The van der Waals surface area contributed by atoms with Gasteiger partial charge < -0.3 is 10.1 Å². The van der Waals surface area contributed by atoms with E-state index < -0.39 is 12.4 Å². The molecule has 2 amide bonds. The zero-order valence-electron chi connectivity index (χ0n) is 15.9. The molecule has 0 fully saturated rings. The second-order valence-corrected chi connectivity index (χ2v) is 6.44. The van der Waals surface area contributed by atoms with E-state index in [4.69, 9.17) is 0 Å². The number of amides is 2. The lowest BCUT2D eigenvalue weighted by atomic mass is 10.1. The average Bonchev–Trinajstić information content (AvgIpc) is 2.73. The number of nitrogens with one attached hydrogen (secondary N) is 2. The molecule has 0 aliphatic carbocycles. The summed E-state index contributed by atoms with van der Waals surface area (Å²) >= 11 is 0. The number of carbonyl (C=O) groups excluding carboxylic acids is 1. The molecule has 0 aliphatic rings. The molecule has 6 nitrogen and oxygen atoms in total. The number of para-hydroxylation sites is 1. The second-order valence-electron chi connectivity index (χ2n) is 6.44. The third kappa shape index (κ3) is 5.08. The summed E-state index contributed by atoms with van der Waals surface area (Å²) in [5.41, 5.74) is 1.80. The van der Waals surface area contributed by atoms with Gasteiger partial charge >= 0.3 is 12.4 Å². The molecular formula is C22H15F3N4O2. The molecule has 2 heterocycles. The fourth-order valence-electron chi connectivity index (χ4n) is 2.97. The number of halogens is 3. The minimum atomic E-state index is -4.78. The molecular weight excluding hydrogens is 409 g/mol. The standard InChI is InChI=1S/C22H15F3N4O2/c23-22(24,25)31-16-7-3-6-15(13-16)17-11-10-14-5-4-8-18(20(14)27-17)28-21(30)29-19-9-1-2-12-26-19/h1-13H,(H2,26,28,29,30). The van der Waals surface area contributed by atoms with Crippen LogP contribution in [0.4, 0.5) is 29.5 Å². The number of anilines is 2. The van der Waals surface area contributed by atoms with E-state index >= 15 is 0 Å². The van der Waals surface area contributed by atoms with Crippen LogP contribution >= 0.6 is 0 Å². The molecule has 9 heteroatoms. The number of aromatic nitrogens is 2. The number of rotatable bonds is 4. The number of hydrogen-bond donors (Lipinski definition) is 2. The van der Waals surface area contributed by atoms with Crippen LogP contribution in [-0.4, -0.2) is 22.4 Å². The van der Waals surface area contributed by atoms with Crippen molar-refractivity contribution in [2.75, 3.05) is 10.6 Å². The molecule has 4 rings (SSSR count). The van der Waals surface area contributed by atoms with E-state index in [2.05, 4.69) is 25.3 Å². The van der Waals surface area contributed by atoms with Gasteiger partial charge in [0.25, 0.3) is 0 Å². The number of urea groups is 1. The third-order valence-electron chi connectivity index (χ3n) is 4.24. The van der Waals surface area contributed by atoms with E-state index in [1.165, 1.54) is 18.2 Å². The first-order valence-electron chi connectivity index (χ1n) is 9.12. The molecule has 2 aromatic carbocycles. The number of nitrogens with zero attached hydrogens (tertiary/aromatic N) is 2. The zero-order chi connectivity index (χ0) is 21.8. The van der Waals surface area contributed by atoms with E-state index in [0.29, 0.717) is 28.3 Å². The van der Waals surface area contributed by atoms with Gasteiger partial charge in [-0.25, -0.2) is 14.8 Å². The van der Waals surface area contributed by atoms with Crippen molar-refractivity contribution in [3.05, 3.63) is 79.0 Å². The van der Waals surface area contributed by atoms with Gasteiger partial charge in [-0.05, 0) is 36.4 Å². The Balaban J connectivity index is 1.63. The van der Waals surface area contributed by atoms with Crippen molar-refractivity contribution in [1.29, 1.82) is 0 Å². The van der Waals surface area contributed by atoms with Crippen LogP contribution in [0, 0.1) is 0 Å². The molecule has 0 bridgehead atoms. The van der Waals surface area contributed by atoms with Crippen LogP contribution in [0.3, 0.4) is 0 Å². The predicted octanol–water partition coefficient (Wildman–Crippen LogP) is 5.84. The molecule has 0 spiro atoms. The number of hydrogen-bond acceptors (Lipinski definition) is 4. The number of pyridine rings is 2. The van der Waals surface area contributed by atoms with Crippen LogP contribution < -0.4 is 15.4 Å². The Morgan fingerprint density at radius 1 is 0.903 bits per heavy atom. The summed E-state index contributed by atoms with van der Waals surface area (Å²) in [5.74, 6) is 0.0448. The van der Waals surface area contributed by atoms with Crippen molar-refractivity contribution >= 4 is 28.4 Å². The van der Waals surface area contributed by atoms with Crippen LogP contribution in [0.25, 0.3) is 22.2 Å². The Morgan fingerprint density at radius 3 is 2.52 bits per heavy atom. The monoisotopic (exact) mass is 424 g/mol. The molecule has 0 radical (unpaired) electrons. The van der Waals surface area contributed by atoms with Gasteiger partial charge in [0, 0.05) is 17.1 Å². The average molecular weight is 424 g/mol. The van der Waals surface area contributed by atoms with Gasteiger partial charge in [-0.15, -0.1) is 13.2 Å². The van der Waals surface area contributed by atoms with Gasteiger partial charge in [0.15, 0.2) is 0 Å². The van der Waals surface area contributed by atoms with Gasteiger partial charge in [-0.1, -0.05) is 36.4 Å². The molecule has 2 aromatic heterocycles. The van der Waals surface area contributed by atoms with Crippen LogP contribution in [0.5, 0.6) is 5.75 Å². The molecule has 0 aliphatic heterocycles. The summed E-state index contributed by atoms with van der Waals surface area (Å²) in [6.45, 7) is 0. The first-order chi connectivity index (χ1) is 14.9. The van der Waals surface area contributed by atoms with Gasteiger partial charge in [-0.3, -0.25) is 5.32 Å². The normalized spacial score (nSPS) is 11.2. The van der Waals surface area contributed by atoms with Crippen molar-refractivity contribution in [2.45, 2.75) is 6.36 Å². The molecule has 0 saturated carbocycles. The van der Waals surface area contributed by atoms with E-state index in [1.54, 1.807) is 54.7 Å². The van der Waals surface area contributed by atoms with Crippen LogP contribution in [-0.2, 0) is 0 Å². The lowest BCUT2D eigenvalue weighted by Gasteiger charge is -2.12. The van der Waals surface area contributed by atoms with Crippen molar-refractivity contribution in [3.8, 4) is 17.0 Å². The van der Waals surface area contributed by atoms with Crippen LogP contribution in [0.2, 0.25) is 0 Å². The minimum Gasteiger partial charge on any atom is -0.406 e. The largest absolute Gasteiger partial charge is 0.573 e. The summed E-state index contributed by atoms with van der Waals surface area (Å²) in [6, 6.07) is 18.9. The number of carbonyl (C=O) groups is 1. The number of fused-ring (bicyclic) bond motifs is 1. The molecule has 2 N–H and O–H groups in total. The summed E-state index contributed by atoms with van der Waals surface area (Å²) in [5, 5.41) is 6.10. The van der Waals surface area contributed by atoms with Crippen molar-refractivity contribution in [2.24, 2.45) is 0 Å². The predicted molar refractivity (Wildman–Crippen MR) is 111 cm³/mol. The van der Waals surface area contributed by atoms with Crippen molar-refractivity contribution < 1.29 is 22.7 Å². The molecule has 0 saturated heterocycles. The highest BCUT2D eigenvalue weighted by atomic mass is 19.4. The van der Waals surface area contributed by atoms with Gasteiger partial charge in [0.1, 0.15) is 11.6 Å². The Morgan fingerprint density at radius 2 is 1.74 bits per heavy atom. The summed E-state index contributed by atoms with van der Waals surface area (Å²) in [7, 11) is 0. The molecule has 31 heavy (non-hydrogen) atoms. The second kappa shape index (κ2) is 8.31. The fourth-order valence-corrected chi connectivity index (χ4v) is 2.97. The zero-order valence-corrected chi connectivity index (χ0v) is 15.9. The molecule has 4 aromatic rings. The number of ether oxygens (including phenoxy) is 1. The highest BCUT2D eigenvalue weighted by Gasteiger charge is 2.31. The Hall–Kier alpha value is -4.14.